The van der Waals surface area contributed by atoms with Gasteiger partial charge in [-0.15, -0.1) is 11.3 Å². The van der Waals surface area contributed by atoms with Gasteiger partial charge in [-0.1, -0.05) is 0 Å². The molecular formula is C15H20N4O2S. The zero-order valence-corrected chi connectivity index (χ0v) is 13.9. The van der Waals surface area contributed by atoms with Crippen LogP contribution in [0.15, 0.2) is 6.20 Å². The van der Waals surface area contributed by atoms with E-state index >= 15 is 0 Å². The van der Waals surface area contributed by atoms with Crippen LogP contribution in [0, 0.1) is 20.8 Å². The van der Waals surface area contributed by atoms with Crippen LogP contribution in [0.2, 0.25) is 0 Å². The summed E-state index contributed by atoms with van der Waals surface area (Å²) < 4.78 is 5.57. The van der Waals surface area contributed by atoms with E-state index in [0.717, 1.165) is 26.8 Å². The number of aromatic nitrogens is 3. The topological polar surface area (TPSA) is 71.1 Å². The molecule has 0 spiro atoms. The Morgan fingerprint density at radius 2 is 2.32 bits per heavy atom. The van der Waals surface area contributed by atoms with Crippen molar-refractivity contribution >= 4 is 17.2 Å². The van der Waals surface area contributed by atoms with Crippen molar-refractivity contribution in [3.05, 3.63) is 33.0 Å². The average Bonchev–Trinajstić information content (AvgIpc) is 3.04. The first-order valence-corrected chi connectivity index (χ1v) is 8.18. The molecule has 0 aromatic carbocycles. The van der Waals surface area contributed by atoms with Crippen LogP contribution < -0.4 is 0 Å². The van der Waals surface area contributed by atoms with Crippen LogP contribution in [0.25, 0.3) is 0 Å². The van der Waals surface area contributed by atoms with Crippen molar-refractivity contribution in [3.8, 4) is 0 Å². The number of carbonyl (C=O) groups is 1. The number of aromatic amines is 1. The van der Waals surface area contributed by atoms with E-state index in [4.69, 9.17) is 4.74 Å². The molecule has 1 amide bonds. The molecule has 7 heteroatoms. The maximum atomic E-state index is 12.8. The van der Waals surface area contributed by atoms with Crippen molar-refractivity contribution in [1.82, 2.24) is 20.1 Å². The first-order chi connectivity index (χ1) is 10.6. The summed E-state index contributed by atoms with van der Waals surface area (Å²) in [6.07, 6.45) is 2.18. The van der Waals surface area contributed by atoms with E-state index in [0.29, 0.717) is 26.2 Å². The Morgan fingerprint density at radius 1 is 1.50 bits per heavy atom. The molecule has 3 rings (SSSR count). The second-order valence-corrected chi connectivity index (χ2v) is 6.85. The van der Waals surface area contributed by atoms with Crippen molar-refractivity contribution in [1.29, 1.82) is 0 Å². The monoisotopic (exact) mass is 320 g/mol. The second kappa shape index (κ2) is 6.18. The molecule has 0 bridgehead atoms. The molecule has 6 nitrogen and oxygen atoms in total. The fourth-order valence-corrected chi connectivity index (χ4v) is 3.74. The Labute approximate surface area is 133 Å². The lowest BCUT2D eigenvalue weighted by atomic mass is 10.1. The Kier molecular flexibility index (Phi) is 4.26. The molecule has 1 aliphatic heterocycles. The van der Waals surface area contributed by atoms with Crippen LogP contribution in [0.5, 0.6) is 0 Å². The number of aryl methyl sites for hydroxylation is 3. The van der Waals surface area contributed by atoms with Gasteiger partial charge in [-0.05, 0) is 26.3 Å². The smallest absolute Gasteiger partial charge is 0.228 e. The Balaban J connectivity index is 1.80. The molecule has 0 aliphatic carbocycles. The summed E-state index contributed by atoms with van der Waals surface area (Å²) in [7, 11) is 0. The van der Waals surface area contributed by atoms with Gasteiger partial charge in [0.25, 0.3) is 0 Å². The Hall–Kier alpha value is -1.73. The first-order valence-electron chi connectivity index (χ1n) is 7.36. The predicted octanol–water partition coefficient (Wildman–Crippen LogP) is 1.93. The highest BCUT2D eigenvalue weighted by Gasteiger charge is 2.31. The maximum Gasteiger partial charge on any atom is 0.228 e. The summed E-state index contributed by atoms with van der Waals surface area (Å²) in [5, 5.41) is 8.07. The molecule has 0 saturated carbocycles. The van der Waals surface area contributed by atoms with Crippen LogP contribution in [0.3, 0.4) is 0 Å². The lowest BCUT2D eigenvalue weighted by Crippen LogP contribution is -2.44. The molecule has 3 heterocycles. The number of H-pyrrole nitrogens is 1. The number of hydrogen-bond acceptors (Lipinski definition) is 5. The van der Waals surface area contributed by atoms with Gasteiger partial charge in [-0.3, -0.25) is 9.89 Å². The molecule has 1 aliphatic rings. The SMILES string of the molecule is Cc1nc(C)c(CC(=O)N2CCOCC2c2[nH]ncc2C)s1. The van der Waals surface area contributed by atoms with Gasteiger partial charge in [0.15, 0.2) is 0 Å². The fraction of sp³-hybridized carbons (Fsp3) is 0.533. The van der Waals surface area contributed by atoms with E-state index in [9.17, 15) is 4.79 Å². The maximum absolute atomic E-state index is 12.8. The summed E-state index contributed by atoms with van der Waals surface area (Å²) in [6.45, 7) is 7.62. The van der Waals surface area contributed by atoms with Crippen molar-refractivity contribution in [3.63, 3.8) is 0 Å². The van der Waals surface area contributed by atoms with Gasteiger partial charge >= 0.3 is 0 Å². The van der Waals surface area contributed by atoms with E-state index in [1.54, 1.807) is 17.5 Å². The molecule has 22 heavy (non-hydrogen) atoms. The van der Waals surface area contributed by atoms with Crippen molar-refractivity contribution in [2.24, 2.45) is 0 Å². The molecular weight excluding hydrogens is 300 g/mol. The van der Waals surface area contributed by atoms with Crippen LogP contribution in [0.1, 0.15) is 32.9 Å². The van der Waals surface area contributed by atoms with Gasteiger partial charge in [-0.2, -0.15) is 5.10 Å². The molecule has 1 unspecified atom stereocenters. The van der Waals surface area contributed by atoms with Gasteiger partial charge in [0, 0.05) is 11.4 Å². The first kappa shape index (κ1) is 15.2. The van der Waals surface area contributed by atoms with E-state index in [-0.39, 0.29) is 11.9 Å². The number of ether oxygens (including phenoxy) is 1. The van der Waals surface area contributed by atoms with E-state index < -0.39 is 0 Å². The Bertz CT molecular complexity index is 679. The van der Waals surface area contributed by atoms with Crippen LogP contribution in [0.4, 0.5) is 0 Å². The summed E-state index contributed by atoms with van der Waals surface area (Å²) >= 11 is 1.60. The molecule has 1 atom stereocenters. The number of nitrogens with zero attached hydrogens (tertiary/aromatic N) is 3. The number of nitrogens with one attached hydrogen (secondary N) is 1. The molecule has 118 valence electrons. The van der Waals surface area contributed by atoms with E-state index in [2.05, 4.69) is 15.2 Å². The third-order valence-electron chi connectivity index (χ3n) is 3.96. The number of hydrogen-bond donors (Lipinski definition) is 1. The summed E-state index contributed by atoms with van der Waals surface area (Å²) in [6, 6.07) is -0.0851. The molecule has 2 aromatic heterocycles. The zero-order chi connectivity index (χ0) is 15.7. The highest BCUT2D eigenvalue weighted by atomic mass is 32.1. The third kappa shape index (κ3) is 2.91. The van der Waals surface area contributed by atoms with E-state index in [1.807, 2.05) is 25.7 Å². The predicted molar refractivity (Wildman–Crippen MR) is 83.9 cm³/mol. The zero-order valence-electron chi connectivity index (χ0n) is 13.0. The van der Waals surface area contributed by atoms with Crippen molar-refractivity contribution < 1.29 is 9.53 Å². The second-order valence-electron chi connectivity index (χ2n) is 5.56. The number of thiazole rings is 1. The standard InChI is InChI=1S/C15H20N4O2S/c1-9-7-16-18-15(9)12-8-21-5-4-19(12)14(20)6-13-10(2)17-11(3)22-13/h7,12H,4-6,8H2,1-3H3,(H,16,18). The summed E-state index contributed by atoms with van der Waals surface area (Å²) in [5.41, 5.74) is 2.97. The van der Waals surface area contributed by atoms with Gasteiger partial charge < -0.3 is 9.64 Å². The molecule has 1 saturated heterocycles. The van der Waals surface area contributed by atoms with Crippen LogP contribution in [-0.4, -0.2) is 45.7 Å². The summed E-state index contributed by atoms with van der Waals surface area (Å²) in [5.74, 6) is 0.119. The van der Waals surface area contributed by atoms with E-state index in [1.165, 1.54) is 0 Å². The van der Waals surface area contributed by atoms with Gasteiger partial charge in [0.1, 0.15) is 0 Å². The van der Waals surface area contributed by atoms with Gasteiger partial charge in [-0.25, -0.2) is 4.98 Å². The molecule has 0 radical (unpaired) electrons. The van der Waals surface area contributed by atoms with Gasteiger partial charge in [0.05, 0.1) is 48.3 Å². The quantitative estimate of drug-likeness (QED) is 0.938. The average molecular weight is 320 g/mol. The number of rotatable bonds is 3. The lowest BCUT2D eigenvalue weighted by Gasteiger charge is -2.35. The molecule has 1 N–H and O–H groups in total. The largest absolute Gasteiger partial charge is 0.377 e. The minimum Gasteiger partial charge on any atom is -0.377 e. The minimum absolute atomic E-state index is 0.0851. The van der Waals surface area contributed by atoms with Crippen molar-refractivity contribution in [2.45, 2.75) is 33.2 Å². The number of morpholine rings is 1. The number of amides is 1. The highest BCUT2D eigenvalue weighted by molar-refractivity contribution is 7.11. The van der Waals surface area contributed by atoms with Crippen LogP contribution in [-0.2, 0) is 16.0 Å². The Morgan fingerprint density at radius 3 is 2.95 bits per heavy atom. The third-order valence-corrected chi connectivity index (χ3v) is 5.03. The normalized spacial score (nSPS) is 18.7. The fourth-order valence-electron chi connectivity index (χ4n) is 2.81. The molecule has 1 fully saturated rings. The van der Waals surface area contributed by atoms with Gasteiger partial charge in [0.2, 0.25) is 5.91 Å². The van der Waals surface area contributed by atoms with Crippen LogP contribution >= 0.6 is 11.3 Å². The molecule has 2 aromatic rings. The van der Waals surface area contributed by atoms with Crippen molar-refractivity contribution in [2.75, 3.05) is 19.8 Å². The highest BCUT2D eigenvalue weighted by Crippen LogP contribution is 2.27. The number of carbonyl (C=O) groups excluding carboxylic acids is 1. The summed E-state index contributed by atoms with van der Waals surface area (Å²) in [4.78, 5) is 20.1. The minimum atomic E-state index is -0.0851. The lowest BCUT2D eigenvalue weighted by molar-refractivity contribution is -0.139.